The van der Waals surface area contributed by atoms with E-state index in [4.69, 9.17) is 19.3 Å². The maximum absolute atomic E-state index is 9.15. The molecule has 2 aromatic heterocycles. The normalized spacial score (nSPS) is 15.1. The van der Waals surface area contributed by atoms with Crippen LogP contribution < -0.4 is 14.5 Å². The number of fused-ring (bicyclic) bond motifs is 4. The zero-order chi connectivity index (χ0) is 44.7. The Hall–Kier alpha value is -6.33. The minimum atomic E-state index is -2.37. The molecule has 0 N–H and O–H groups in total. The molecule has 0 saturated heterocycles. The van der Waals surface area contributed by atoms with E-state index in [0.717, 1.165) is 44.2 Å². The molecule has 0 atom stereocenters. The maximum Gasteiger partial charge on any atom is 0.138 e. The Balaban J connectivity index is 1.13. The molecule has 278 valence electrons. The van der Waals surface area contributed by atoms with Crippen molar-refractivity contribution in [2.75, 3.05) is 16.5 Å². The number of hydrogen-bond donors (Lipinski definition) is 0. The SMILES string of the molecule is [2H]c1c([2H])c([2H])c2c(c1[2H])N(c1cccc(Oc3ccc4c5ccccc5n(-c5cc(-c6ccccc6)c(C([2H])([2H])[2H])cn5)c4c3)c1)CN2c1cc(C(C)(C)C)cc(C(C)(C)C)c1. The van der Waals surface area contributed by atoms with Gasteiger partial charge in [-0.3, -0.25) is 4.57 Å². The molecule has 6 aromatic carbocycles. The highest BCUT2D eigenvalue weighted by Crippen LogP contribution is 2.46. The molecule has 8 aromatic rings. The summed E-state index contributed by atoms with van der Waals surface area (Å²) in [6.07, 6.45) is 1.46. The molecule has 56 heavy (non-hydrogen) atoms. The van der Waals surface area contributed by atoms with Gasteiger partial charge in [-0.2, -0.15) is 0 Å². The van der Waals surface area contributed by atoms with Crippen LogP contribution in [0, 0.1) is 6.85 Å². The molecule has 0 bridgehead atoms. The van der Waals surface area contributed by atoms with Crippen LogP contribution in [-0.2, 0) is 10.8 Å². The first-order valence-electron chi connectivity index (χ1n) is 22.5. The lowest BCUT2D eigenvalue weighted by Gasteiger charge is -2.29. The molecule has 0 amide bonds. The second-order valence-electron chi connectivity index (χ2n) is 16.5. The molecule has 0 unspecified atom stereocenters. The summed E-state index contributed by atoms with van der Waals surface area (Å²) in [6.45, 7) is 10.9. The molecule has 3 heterocycles. The van der Waals surface area contributed by atoms with Gasteiger partial charge >= 0.3 is 0 Å². The first-order valence-corrected chi connectivity index (χ1v) is 19.0. The third kappa shape index (κ3) is 6.37. The molecule has 0 saturated carbocycles. The van der Waals surface area contributed by atoms with E-state index in [2.05, 4.69) is 65.8 Å². The predicted molar refractivity (Wildman–Crippen MR) is 235 cm³/mol. The highest BCUT2D eigenvalue weighted by atomic mass is 16.5. The number of ether oxygens (including phenoxy) is 1. The molecule has 1 aliphatic heterocycles. The van der Waals surface area contributed by atoms with Gasteiger partial charge in [0.2, 0.25) is 0 Å². The van der Waals surface area contributed by atoms with Crippen LogP contribution in [0.5, 0.6) is 11.5 Å². The van der Waals surface area contributed by atoms with Crippen molar-refractivity contribution in [3.63, 3.8) is 0 Å². The van der Waals surface area contributed by atoms with Gasteiger partial charge < -0.3 is 14.5 Å². The molecular weight excluding hydrogens is 685 g/mol. The lowest BCUT2D eigenvalue weighted by atomic mass is 9.80. The number of aryl methyl sites for hydroxylation is 1. The topological polar surface area (TPSA) is 33.5 Å². The van der Waals surface area contributed by atoms with Gasteiger partial charge in [0, 0.05) is 44.6 Å². The minimum absolute atomic E-state index is 0.0958. The van der Waals surface area contributed by atoms with Gasteiger partial charge in [-0.15, -0.1) is 0 Å². The number of aromatic nitrogens is 2. The smallest absolute Gasteiger partial charge is 0.138 e. The lowest BCUT2D eigenvalue weighted by Crippen LogP contribution is -2.25. The summed E-state index contributed by atoms with van der Waals surface area (Å²) in [5.74, 6) is 1.66. The van der Waals surface area contributed by atoms with Crippen molar-refractivity contribution in [3.8, 4) is 28.4 Å². The monoisotopic (exact) mass is 739 g/mol. The average Bonchev–Trinajstić information content (AvgIpc) is 3.81. The van der Waals surface area contributed by atoms with E-state index in [1.165, 1.54) is 6.20 Å². The van der Waals surface area contributed by atoms with Crippen molar-refractivity contribution in [1.82, 2.24) is 9.55 Å². The van der Waals surface area contributed by atoms with E-state index in [1.807, 2.05) is 111 Å². The summed E-state index contributed by atoms with van der Waals surface area (Å²) in [5.41, 5.74) is 7.60. The summed E-state index contributed by atoms with van der Waals surface area (Å²) in [6, 6.07) is 38.6. The van der Waals surface area contributed by atoms with E-state index in [1.54, 1.807) is 0 Å². The van der Waals surface area contributed by atoms with Crippen LogP contribution in [0.15, 0.2) is 152 Å². The van der Waals surface area contributed by atoms with Crippen molar-refractivity contribution >= 4 is 44.6 Å². The Morgan fingerprint density at radius 1 is 0.625 bits per heavy atom. The van der Waals surface area contributed by atoms with E-state index in [9.17, 15) is 0 Å². The fraction of sp³-hybridized carbons (Fsp3) is 0.196. The fourth-order valence-corrected chi connectivity index (χ4v) is 7.56. The number of anilines is 4. The van der Waals surface area contributed by atoms with Gasteiger partial charge in [0.05, 0.1) is 27.9 Å². The van der Waals surface area contributed by atoms with E-state index >= 15 is 0 Å². The summed E-state index contributed by atoms with van der Waals surface area (Å²) in [4.78, 5) is 8.68. The second-order valence-corrected chi connectivity index (χ2v) is 16.5. The molecule has 0 fully saturated rings. The van der Waals surface area contributed by atoms with Crippen molar-refractivity contribution in [1.29, 1.82) is 0 Å². The highest BCUT2D eigenvalue weighted by Gasteiger charge is 2.30. The van der Waals surface area contributed by atoms with Crippen LogP contribution in [0.3, 0.4) is 0 Å². The number of hydrogen-bond acceptors (Lipinski definition) is 4. The number of rotatable bonds is 6. The molecule has 0 radical (unpaired) electrons. The zero-order valence-corrected chi connectivity index (χ0v) is 32.5. The second kappa shape index (κ2) is 13.5. The van der Waals surface area contributed by atoms with Crippen LogP contribution in [0.1, 0.15) is 67.8 Å². The predicted octanol–water partition coefficient (Wildman–Crippen LogP) is 13.8. The van der Waals surface area contributed by atoms with E-state index < -0.39 is 6.85 Å². The molecule has 5 nitrogen and oxygen atoms in total. The standard InChI is InChI=1S/C51H48N4O/c1-34-32-52-49(31-44(34)35-16-9-8-10-17-35)55-45-21-12-11-20-42(45)43-25-24-41(30-48(43)55)56-40-19-15-18-38(29-40)53-33-54(47-23-14-13-22-46(47)53)39-27-36(50(2,3)4)26-37(28-39)51(5,6)7/h8-32H,33H2,1-7H3/i1D3,13D,14D,22D,23D. The van der Waals surface area contributed by atoms with Crippen molar-refractivity contribution in [2.24, 2.45) is 0 Å². The van der Waals surface area contributed by atoms with Crippen LogP contribution in [0.2, 0.25) is 0 Å². The Morgan fingerprint density at radius 3 is 2.00 bits per heavy atom. The molecule has 1 aliphatic rings. The van der Waals surface area contributed by atoms with Gasteiger partial charge in [-0.25, -0.2) is 4.98 Å². The van der Waals surface area contributed by atoms with Crippen molar-refractivity contribution < 1.29 is 14.3 Å². The largest absolute Gasteiger partial charge is 0.457 e. The molecule has 0 spiro atoms. The first-order chi connectivity index (χ1) is 29.8. The number of para-hydroxylation sites is 3. The Bertz CT molecular complexity index is 3060. The summed E-state index contributed by atoms with van der Waals surface area (Å²) < 4.78 is 69.2. The number of pyridine rings is 1. The lowest BCUT2D eigenvalue weighted by molar-refractivity contribution is 0.483. The van der Waals surface area contributed by atoms with Crippen molar-refractivity contribution in [3.05, 3.63) is 168 Å². The third-order valence-corrected chi connectivity index (χ3v) is 10.6. The molecule has 9 rings (SSSR count). The van der Waals surface area contributed by atoms with Gasteiger partial charge in [-0.1, -0.05) is 114 Å². The van der Waals surface area contributed by atoms with Crippen LogP contribution >= 0.6 is 0 Å². The Kier molecular flexibility index (Phi) is 6.76. The van der Waals surface area contributed by atoms with Gasteiger partial charge in [-0.05, 0) is 106 Å². The summed E-state index contributed by atoms with van der Waals surface area (Å²) in [5, 5.41) is 1.98. The maximum atomic E-state index is 9.15. The summed E-state index contributed by atoms with van der Waals surface area (Å²) in [7, 11) is 0. The van der Waals surface area contributed by atoms with E-state index in [-0.39, 0.29) is 47.2 Å². The summed E-state index contributed by atoms with van der Waals surface area (Å²) >= 11 is 0. The average molecular weight is 740 g/mol. The Morgan fingerprint density at radius 2 is 1.29 bits per heavy atom. The molecule has 0 aliphatic carbocycles. The molecular formula is C51H48N4O. The Labute approximate surface area is 340 Å². The fourth-order valence-electron chi connectivity index (χ4n) is 7.56. The van der Waals surface area contributed by atoms with Gasteiger partial charge in [0.15, 0.2) is 0 Å². The minimum Gasteiger partial charge on any atom is -0.457 e. The van der Waals surface area contributed by atoms with Crippen LogP contribution in [0.4, 0.5) is 22.7 Å². The molecule has 5 heteroatoms. The van der Waals surface area contributed by atoms with Crippen LogP contribution in [0.25, 0.3) is 38.8 Å². The van der Waals surface area contributed by atoms with Crippen molar-refractivity contribution in [2.45, 2.75) is 59.2 Å². The quantitative estimate of drug-likeness (QED) is 0.170. The first kappa shape index (κ1) is 28.1. The van der Waals surface area contributed by atoms with Gasteiger partial charge in [0.25, 0.3) is 0 Å². The third-order valence-electron chi connectivity index (χ3n) is 10.6. The van der Waals surface area contributed by atoms with Gasteiger partial charge in [0.1, 0.15) is 24.0 Å². The highest BCUT2D eigenvalue weighted by molar-refractivity contribution is 6.09. The van der Waals surface area contributed by atoms with E-state index in [0.29, 0.717) is 39.9 Å². The number of benzene rings is 6. The van der Waals surface area contributed by atoms with Crippen LogP contribution in [-0.4, -0.2) is 16.2 Å². The number of nitrogens with zero attached hydrogens (tertiary/aromatic N) is 4. The zero-order valence-electron chi connectivity index (χ0n) is 39.5.